The molecule has 1 aromatic heterocycles. The Hall–Kier alpha value is -3.63. The number of ether oxygens (including phenoxy) is 2. The van der Waals surface area contributed by atoms with Gasteiger partial charge in [0.25, 0.3) is 0 Å². The number of ketones is 1. The summed E-state index contributed by atoms with van der Waals surface area (Å²) in [5, 5.41) is 0. The lowest BCUT2D eigenvalue weighted by Crippen LogP contribution is -2.17. The SMILES string of the molecule is O=C(c1cnc(OCc2ccc(OC(F)(F)F)cc2)nc1)c1cccc(C(F)(F)F)c1. The predicted molar refractivity (Wildman–Crippen MR) is 94.4 cm³/mol. The molecule has 0 bridgehead atoms. The van der Waals surface area contributed by atoms with Crippen molar-refractivity contribution in [1.29, 1.82) is 0 Å². The number of aromatic nitrogens is 2. The Labute approximate surface area is 171 Å². The Bertz CT molecular complexity index is 1050. The molecule has 31 heavy (non-hydrogen) atoms. The lowest BCUT2D eigenvalue weighted by atomic mass is 10.0. The maximum absolute atomic E-state index is 12.8. The first kappa shape index (κ1) is 22.1. The Kier molecular flexibility index (Phi) is 6.14. The summed E-state index contributed by atoms with van der Waals surface area (Å²) < 4.78 is 83.9. The van der Waals surface area contributed by atoms with Crippen LogP contribution in [0.15, 0.2) is 60.9 Å². The van der Waals surface area contributed by atoms with E-state index in [0.717, 1.165) is 42.7 Å². The minimum atomic E-state index is -4.79. The van der Waals surface area contributed by atoms with Crippen LogP contribution >= 0.6 is 0 Å². The molecule has 0 unspecified atom stereocenters. The summed E-state index contributed by atoms with van der Waals surface area (Å²) in [4.78, 5) is 20.0. The quantitative estimate of drug-likeness (QED) is 0.388. The standard InChI is InChI=1S/C20H12F6N2O3/c21-19(22,23)15-3-1-2-13(8-15)17(29)14-9-27-18(28-10-14)30-11-12-4-6-16(7-5-12)31-20(24,25)26/h1-10H,11H2. The van der Waals surface area contributed by atoms with E-state index in [2.05, 4.69) is 14.7 Å². The fraction of sp³-hybridized carbons (Fsp3) is 0.150. The molecule has 0 radical (unpaired) electrons. The van der Waals surface area contributed by atoms with E-state index in [1.807, 2.05) is 0 Å². The highest BCUT2D eigenvalue weighted by Crippen LogP contribution is 2.30. The zero-order chi connectivity index (χ0) is 22.6. The van der Waals surface area contributed by atoms with Gasteiger partial charge in [0.05, 0.1) is 11.1 Å². The van der Waals surface area contributed by atoms with Crippen LogP contribution in [0.25, 0.3) is 0 Å². The number of benzene rings is 2. The van der Waals surface area contributed by atoms with Crippen LogP contribution in [0.2, 0.25) is 0 Å². The number of hydrogen-bond acceptors (Lipinski definition) is 5. The number of nitrogens with zero attached hydrogens (tertiary/aromatic N) is 2. The van der Waals surface area contributed by atoms with Crippen molar-refractivity contribution >= 4 is 5.78 Å². The van der Waals surface area contributed by atoms with Crippen molar-refractivity contribution in [1.82, 2.24) is 9.97 Å². The van der Waals surface area contributed by atoms with Gasteiger partial charge in [-0.05, 0) is 29.8 Å². The van der Waals surface area contributed by atoms with Crippen molar-refractivity contribution in [2.75, 3.05) is 0 Å². The molecule has 3 aromatic rings. The van der Waals surface area contributed by atoms with E-state index in [9.17, 15) is 31.1 Å². The largest absolute Gasteiger partial charge is 0.573 e. The van der Waals surface area contributed by atoms with Crippen LogP contribution in [-0.4, -0.2) is 22.1 Å². The molecule has 0 saturated heterocycles. The molecule has 1 heterocycles. The van der Waals surface area contributed by atoms with E-state index in [0.29, 0.717) is 5.56 Å². The second-order valence-electron chi connectivity index (χ2n) is 6.14. The third kappa shape index (κ3) is 6.17. The molecule has 0 atom stereocenters. The van der Waals surface area contributed by atoms with E-state index in [4.69, 9.17) is 4.74 Å². The van der Waals surface area contributed by atoms with Crippen molar-refractivity contribution in [2.24, 2.45) is 0 Å². The molecule has 0 aliphatic heterocycles. The molecule has 0 saturated carbocycles. The van der Waals surface area contributed by atoms with Gasteiger partial charge >= 0.3 is 18.5 Å². The summed E-state index contributed by atoms with van der Waals surface area (Å²) in [7, 11) is 0. The number of alkyl halides is 6. The third-order valence-electron chi connectivity index (χ3n) is 3.87. The molecule has 0 aliphatic rings. The summed E-state index contributed by atoms with van der Waals surface area (Å²) in [5.41, 5.74) is -0.665. The maximum atomic E-state index is 12.8. The van der Waals surface area contributed by atoms with E-state index in [1.165, 1.54) is 18.2 Å². The summed E-state index contributed by atoms with van der Waals surface area (Å²) in [5.74, 6) is -1.08. The van der Waals surface area contributed by atoms with Crippen molar-refractivity contribution < 1.29 is 40.6 Å². The van der Waals surface area contributed by atoms with Gasteiger partial charge in [-0.1, -0.05) is 24.3 Å². The Balaban J connectivity index is 1.62. The van der Waals surface area contributed by atoms with Crippen molar-refractivity contribution in [3.8, 4) is 11.8 Å². The van der Waals surface area contributed by atoms with Crippen LogP contribution in [0, 0.1) is 0 Å². The Morgan fingerprint density at radius 2 is 1.52 bits per heavy atom. The van der Waals surface area contributed by atoms with Crippen LogP contribution in [0.3, 0.4) is 0 Å². The summed E-state index contributed by atoms with van der Waals surface area (Å²) in [6, 6.07) is 8.77. The second kappa shape index (κ2) is 8.62. The van der Waals surface area contributed by atoms with Gasteiger partial charge in [0.15, 0.2) is 5.78 Å². The maximum Gasteiger partial charge on any atom is 0.573 e. The highest BCUT2D eigenvalue weighted by molar-refractivity contribution is 6.08. The fourth-order valence-electron chi connectivity index (χ4n) is 2.45. The first-order valence-electron chi connectivity index (χ1n) is 8.53. The number of rotatable bonds is 6. The highest BCUT2D eigenvalue weighted by atomic mass is 19.4. The number of carbonyl (C=O) groups is 1. The van der Waals surface area contributed by atoms with Gasteiger partial charge in [0, 0.05) is 18.0 Å². The lowest BCUT2D eigenvalue weighted by Gasteiger charge is -2.10. The first-order chi connectivity index (χ1) is 14.5. The van der Waals surface area contributed by atoms with Crippen molar-refractivity contribution in [3.05, 3.63) is 83.2 Å². The van der Waals surface area contributed by atoms with Gasteiger partial charge in [0.1, 0.15) is 12.4 Å². The van der Waals surface area contributed by atoms with Crippen molar-refractivity contribution in [2.45, 2.75) is 19.1 Å². The van der Waals surface area contributed by atoms with Crippen molar-refractivity contribution in [3.63, 3.8) is 0 Å². The van der Waals surface area contributed by atoms with E-state index in [1.54, 1.807) is 0 Å². The normalized spacial score (nSPS) is 11.8. The molecule has 0 aliphatic carbocycles. The monoisotopic (exact) mass is 442 g/mol. The summed E-state index contributed by atoms with van der Waals surface area (Å²) >= 11 is 0. The molecule has 2 aromatic carbocycles. The minimum absolute atomic E-state index is 0.0414. The average Bonchev–Trinajstić information content (AvgIpc) is 2.71. The molecule has 11 heteroatoms. The van der Waals surface area contributed by atoms with Crippen LogP contribution in [0.5, 0.6) is 11.8 Å². The van der Waals surface area contributed by atoms with Gasteiger partial charge in [-0.2, -0.15) is 13.2 Å². The third-order valence-corrected chi connectivity index (χ3v) is 3.87. The first-order valence-corrected chi connectivity index (χ1v) is 8.53. The molecule has 0 spiro atoms. The Morgan fingerprint density at radius 3 is 2.10 bits per heavy atom. The number of hydrogen-bond donors (Lipinski definition) is 0. The molecular formula is C20H12F6N2O3. The topological polar surface area (TPSA) is 61.3 Å². The highest BCUT2D eigenvalue weighted by Gasteiger charge is 2.31. The molecule has 162 valence electrons. The average molecular weight is 442 g/mol. The van der Waals surface area contributed by atoms with E-state index < -0.39 is 23.9 Å². The van der Waals surface area contributed by atoms with Gasteiger partial charge in [-0.3, -0.25) is 4.79 Å². The molecule has 5 nitrogen and oxygen atoms in total. The van der Waals surface area contributed by atoms with Crippen LogP contribution in [0.1, 0.15) is 27.0 Å². The van der Waals surface area contributed by atoms with Crippen LogP contribution < -0.4 is 9.47 Å². The fourth-order valence-corrected chi connectivity index (χ4v) is 2.45. The molecular weight excluding hydrogens is 430 g/mol. The van der Waals surface area contributed by atoms with Gasteiger partial charge < -0.3 is 9.47 Å². The molecule has 3 rings (SSSR count). The lowest BCUT2D eigenvalue weighted by molar-refractivity contribution is -0.274. The van der Waals surface area contributed by atoms with Gasteiger partial charge in [-0.15, -0.1) is 13.2 Å². The van der Waals surface area contributed by atoms with Crippen LogP contribution in [0.4, 0.5) is 26.3 Å². The molecule has 0 amide bonds. The van der Waals surface area contributed by atoms with Crippen LogP contribution in [-0.2, 0) is 12.8 Å². The zero-order valence-corrected chi connectivity index (χ0v) is 15.4. The number of carbonyl (C=O) groups excluding carboxylic acids is 1. The van der Waals surface area contributed by atoms with Gasteiger partial charge in [-0.25, -0.2) is 9.97 Å². The smallest absolute Gasteiger partial charge is 0.459 e. The predicted octanol–water partition coefficient (Wildman–Crippen LogP) is 5.20. The Morgan fingerprint density at radius 1 is 0.871 bits per heavy atom. The number of halogens is 6. The van der Waals surface area contributed by atoms with E-state index >= 15 is 0 Å². The summed E-state index contributed by atoms with van der Waals surface area (Å²) in [6.45, 7) is -0.0762. The zero-order valence-electron chi connectivity index (χ0n) is 15.4. The summed E-state index contributed by atoms with van der Waals surface area (Å²) in [6.07, 6.45) is -7.17. The second-order valence-corrected chi connectivity index (χ2v) is 6.14. The van der Waals surface area contributed by atoms with Gasteiger partial charge in [0.2, 0.25) is 0 Å². The molecule has 0 N–H and O–H groups in total. The minimum Gasteiger partial charge on any atom is -0.459 e. The molecule has 0 fully saturated rings. The van der Waals surface area contributed by atoms with E-state index in [-0.39, 0.29) is 29.5 Å².